The molecule has 2 aromatic carbocycles. The first-order chi connectivity index (χ1) is 17.3. The lowest BCUT2D eigenvalue weighted by Crippen LogP contribution is -2.18. The summed E-state index contributed by atoms with van der Waals surface area (Å²) in [5.74, 6) is -0.515. The molecule has 6 nitrogen and oxygen atoms in total. The summed E-state index contributed by atoms with van der Waals surface area (Å²) in [6.07, 6.45) is 0.214. The molecule has 0 radical (unpaired) electrons. The van der Waals surface area contributed by atoms with Gasteiger partial charge in [-0.05, 0) is 70.8 Å². The molecule has 2 aromatic heterocycles. The van der Waals surface area contributed by atoms with Gasteiger partial charge in [-0.2, -0.15) is 23.3 Å². The fraction of sp³-hybridized carbons (Fsp3) is 0.120. The van der Waals surface area contributed by atoms with Crippen LogP contribution in [0.3, 0.4) is 0 Å². The van der Waals surface area contributed by atoms with E-state index in [-0.39, 0.29) is 21.9 Å². The number of hydrogen-bond donors (Lipinski definition) is 2. The van der Waals surface area contributed by atoms with Crippen molar-refractivity contribution < 1.29 is 18.0 Å². The molecule has 1 amide bonds. The minimum atomic E-state index is -4.61. The zero-order chi connectivity index (χ0) is 25.3. The van der Waals surface area contributed by atoms with E-state index >= 15 is 0 Å². The first-order valence-corrected chi connectivity index (χ1v) is 11.9. The molecule has 36 heavy (non-hydrogen) atoms. The van der Waals surface area contributed by atoms with Gasteiger partial charge in [0.1, 0.15) is 0 Å². The van der Waals surface area contributed by atoms with Gasteiger partial charge in [0.05, 0.1) is 22.2 Å². The van der Waals surface area contributed by atoms with E-state index in [2.05, 4.69) is 25.5 Å². The van der Waals surface area contributed by atoms with Crippen LogP contribution in [0.2, 0.25) is 5.02 Å². The molecule has 11 heteroatoms. The van der Waals surface area contributed by atoms with Crippen molar-refractivity contribution in [1.29, 1.82) is 0 Å². The van der Waals surface area contributed by atoms with E-state index in [1.54, 1.807) is 42.9 Å². The van der Waals surface area contributed by atoms with Gasteiger partial charge >= 0.3 is 6.18 Å². The highest BCUT2D eigenvalue weighted by atomic mass is 35.5. The Labute approximate surface area is 212 Å². The maximum atomic E-state index is 13.8. The number of hydrogen-bond acceptors (Lipinski definition) is 5. The van der Waals surface area contributed by atoms with Crippen molar-refractivity contribution in [1.82, 2.24) is 20.5 Å². The summed E-state index contributed by atoms with van der Waals surface area (Å²) < 4.78 is 41.5. The van der Waals surface area contributed by atoms with Gasteiger partial charge in [-0.15, -0.1) is 0 Å². The molecule has 4 aromatic rings. The predicted octanol–water partition coefficient (Wildman–Crippen LogP) is 6.00. The minimum absolute atomic E-state index is 0.00635. The molecule has 0 aliphatic carbocycles. The molecule has 1 aliphatic heterocycles. The van der Waals surface area contributed by atoms with Crippen LogP contribution in [0.1, 0.15) is 22.3 Å². The lowest BCUT2D eigenvalue weighted by atomic mass is 9.93. The van der Waals surface area contributed by atoms with Crippen molar-refractivity contribution in [2.45, 2.75) is 19.1 Å². The van der Waals surface area contributed by atoms with Crippen molar-refractivity contribution in [3.63, 3.8) is 0 Å². The smallest absolute Gasteiger partial charge is 0.360 e. The van der Waals surface area contributed by atoms with Gasteiger partial charge in [0.25, 0.3) is 5.91 Å². The molecule has 3 heterocycles. The van der Waals surface area contributed by atoms with Gasteiger partial charge in [0.2, 0.25) is 0 Å². The minimum Gasteiger partial charge on any atom is -0.360 e. The highest BCUT2D eigenvalue weighted by Gasteiger charge is 2.35. The Morgan fingerprint density at radius 1 is 1.11 bits per heavy atom. The number of allylic oxidation sites excluding steroid dienone is 1. The summed E-state index contributed by atoms with van der Waals surface area (Å²) in [5.41, 5.74) is 1.86. The number of halogens is 4. The first kappa shape index (κ1) is 24.1. The molecule has 0 unspecified atom stereocenters. The number of aromatic amines is 1. The zero-order valence-corrected chi connectivity index (χ0v) is 20.0. The van der Waals surface area contributed by atoms with Crippen LogP contribution in [-0.2, 0) is 23.9 Å². The van der Waals surface area contributed by atoms with Crippen LogP contribution in [0.4, 0.5) is 13.2 Å². The van der Waals surface area contributed by atoms with E-state index in [1.165, 1.54) is 12.1 Å². The number of aromatic nitrogens is 3. The maximum Gasteiger partial charge on any atom is 0.416 e. The van der Waals surface area contributed by atoms with Crippen LogP contribution in [0.15, 0.2) is 77.0 Å². The van der Waals surface area contributed by atoms with Gasteiger partial charge in [0, 0.05) is 29.3 Å². The van der Waals surface area contributed by atoms with Crippen LogP contribution in [-0.4, -0.2) is 26.3 Å². The topological polar surface area (TPSA) is 83.0 Å². The van der Waals surface area contributed by atoms with E-state index in [4.69, 9.17) is 11.6 Å². The number of fused-ring (bicyclic) bond motifs is 1. The summed E-state index contributed by atoms with van der Waals surface area (Å²) in [7, 11) is 0. The monoisotopic (exact) mass is 527 g/mol. The van der Waals surface area contributed by atoms with Crippen molar-refractivity contribution in [3.05, 3.63) is 99.3 Å². The first-order valence-electron chi connectivity index (χ1n) is 10.7. The third-order valence-electron chi connectivity index (χ3n) is 5.57. The quantitative estimate of drug-likeness (QED) is 0.311. The van der Waals surface area contributed by atoms with Crippen molar-refractivity contribution >= 4 is 50.9 Å². The average Bonchev–Trinajstić information content (AvgIpc) is 3.47. The second-order valence-corrected chi connectivity index (χ2v) is 9.43. The van der Waals surface area contributed by atoms with Crippen LogP contribution < -0.4 is 5.32 Å². The average molecular weight is 528 g/mol. The summed E-state index contributed by atoms with van der Waals surface area (Å²) in [6.45, 7) is 0.395. The summed E-state index contributed by atoms with van der Waals surface area (Å²) in [5, 5.41) is 11.1. The number of aliphatic imine (C=N–C) groups is 1. The lowest BCUT2D eigenvalue weighted by molar-refractivity contribution is -0.138. The Kier molecular flexibility index (Phi) is 6.55. The van der Waals surface area contributed by atoms with Gasteiger partial charge in [-0.3, -0.25) is 14.9 Å². The Hall–Kier alpha value is -3.63. The largest absolute Gasteiger partial charge is 0.416 e. The van der Waals surface area contributed by atoms with Crippen molar-refractivity contribution in [2.24, 2.45) is 4.99 Å². The Balaban J connectivity index is 1.53. The number of rotatable bonds is 5. The number of thioether (sulfide) groups is 1. The van der Waals surface area contributed by atoms with E-state index < -0.39 is 17.6 Å². The number of carbonyl (C=O) groups excluding carboxylic acids is 1. The van der Waals surface area contributed by atoms with Crippen molar-refractivity contribution in [2.75, 3.05) is 0 Å². The number of amidine groups is 1. The van der Waals surface area contributed by atoms with E-state index in [0.717, 1.165) is 34.3 Å². The van der Waals surface area contributed by atoms with Crippen molar-refractivity contribution in [3.8, 4) is 0 Å². The SMILES string of the molecule is O=C1N=C(NCc2cccnc2)SC1=C(Cc1ccc(Cl)cc1C(F)(F)F)c1ccc2[nH]ncc2c1. The molecule has 0 bridgehead atoms. The number of pyridine rings is 1. The highest BCUT2D eigenvalue weighted by molar-refractivity contribution is 8.18. The van der Waals surface area contributed by atoms with Gasteiger partial charge in [0.15, 0.2) is 5.17 Å². The number of amides is 1. The molecular weight excluding hydrogens is 511 g/mol. The maximum absolute atomic E-state index is 13.8. The summed E-state index contributed by atoms with van der Waals surface area (Å²) in [6, 6.07) is 12.6. The third kappa shape index (κ3) is 5.14. The van der Waals surface area contributed by atoms with E-state index in [9.17, 15) is 18.0 Å². The Morgan fingerprint density at radius 3 is 2.75 bits per heavy atom. The third-order valence-corrected chi connectivity index (χ3v) is 6.86. The molecule has 0 saturated heterocycles. The second-order valence-electron chi connectivity index (χ2n) is 7.99. The Morgan fingerprint density at radius 2 is 1.97 bits per heavy atom. The molecule has 0 atom stereocenters. The normalized spacial score (nSPS) is 15.3. The fourth-order valence-corrected chi connectivity index (χ4v) is 4.94. The molecule has 5 rings (SSSR count). The van der Waals surface area contributed by atoms with Crippen LogP contribution in [0, 0.1) is 0 Å². The van der Waals surface area contributed by atoms with Gasteiger partial charge in [-0.25, -0.2) is 0 Å². The molecule has 0 spiro atoms. The zero-order valence-electron chi connectivity index (χ0n) is 18.4. The van der Waals surface area contributed by atoms with Crippen LogP contribution in [0.25, 0.3) is 16.5 Å². The number of alkyl halides is 3. The second kappa shape index (κ2) is 9.79. The van der Waals surface area contributed by atoms with E-state index in [0.29, 0.717) is 22.8 Å². The van der Waals surface area contributed by atoms with Crippen LogP contribution >= 0.6 is 23.4 Å². The number of nitrogens with zero attached hydrogens (tertiary/aromatic N) is 3. The lowest BCUT2D eigenvalue weighted by Gasteiger charge is -2.16. The van der Waals surface area contributed by atoms with E-state index in [1.807, 2.05) is 6.07 Å². The summed E-state index contributed by atoms with van der Waals surface area (Å²) in [4.78, 5) is 21.4. The standard InChI is InChI=1S/C25H17ClF3N5OS/c26-18-5-3-16(20(10-18)25(27,28)29)9-19(15-4-6-21-17(8-15)13-32-34-21)22-23(35)33-24(36-22)31-12-14-2-1-7-30-11-14/h1-8,10-11,13H,9,12H2,(H,32,34)(H,31,33,35). The predicted molar refractivity (Wildman–Crippen MR) is 134 cm³/mol. The summed E-state index contributed by atoms with van der Waals surface area (Å²) >= 11 is 6.97. The van der Waals surface area contributed by atoms with Crippen LogP contribution in [0.5, 0.6) is 0 Å². The molecule has 2 N–H and O–H groups in total. The van der Waals surface area contributed by atoms with Gasteiger partial charge in [-0.1, -0.05) is 29.8 Å². The molecule has 182 valence electrons. The van der Waals surface area contributed by atoms with Gasteiger partial charge < -0.3 is 5.32 Å². The molecule has 1 aliphatic rings. The number of nitrogens with one attached hydrogen (secondary N) is 2. The number of benzene rings is 2. The molecular formula is C25H17ClF3N5OS. The highest BCUT2D eigenvalue weighted by Crippen LogP contribution is 2.40. The number of H-pyrrole nitrogens is 1. The Bertz CT molecular complexity index is 1520. The number of carbonyl (C=O) groups is 1. The fourth-order valence-electron chi connectivity index (χ4n) is 3.85. The molecule has 0 fully saturated rings. The molecule has 0 saturated carbocycles.